The van der Waals surface area contributed by atoms with Crippen LogP contribution in [0.3, 0.4) is 0 Å². The number of hydrogen-bond donors (Lipinski definition) is 1. The highest BCUT2D eigenvalue weighted by molar-refractivity contribution is 5.34. The fraction of sp³-hybridized carbons (Fsp3) is 0.571. The Bertz CT molecular complexity index is 697. The first-order valence-corrected chi connectivity index (χ1v) is 6.90. The second kappa shape index (κ2) is 5.67. The predicted octanol–water partition coefficient (Wildman–Crippen LogP) is 5.39. The summed E-state index contributed by atoms with van der Waals surface area (Å²) < 4.78 is 160. The van der Waals surface area contributed by atoms with Crippen LogP contribution in [0.4, 0.5) is 52.7 Å². The minimum Gasteiger partial charge on any atom is -0.388 e. The summed E-state index contributed by atoms with van der Waals surface area (Å²) in [6, 6.07) is 2.15. The van der Waals surface area contributed by atoms with Crippen LogP contribution < -0.4 is 0 Å². The molecule has 2 rings (SSSR count). The van der Waals surface area contributed by atoms with Gasteiger partial charge in [-0.1, -0.05) is 18.2 Å². The summed E-state index contributed by atoms with van der Waals surface area (Å²) >= 11 is 0. The number of alkyl halides is 12. The maximum absolute atomic E-state index is 14.3. The summed E-state index contributed by atoms with van der Waals surface area (Å²) in [6.07, 6.45) is -11.3. The first-order valence-electron chi connectivity index (χ1n) is 6.90. The van der Waals surface area contributed by atoms with Crippen molar-refractivity contribution in [3.63, 3.8) is 0 Å². The van der Waals surface area contributed by atoms with Gasteiger partial charge in [0.25, 0.3) is 5.67 Å². The summed E-state index contributed by atoms with van der Waals surface area (Å²) in [6.45, 7) is 0. The van der Waals surface area contributed by atoms with Gasteiger partial charge in [0.1, 0.15) is 0 Å². The van der Waals surface area contributed by atoms with Crippen molar-refractivity contribution < 1.29 is 57.8 Å². The fourth-order valence-electron chi connectivity index (χ4n) is 2.77. The highest BCUT2D eigenvalue weighted by Crippen LogP contribution is 2.70. The lowest BCUT2D eigenvalue weighted by Gasteiger charge is -2.33. The van der Waals surface area contributed by atoms with Crippen molar-refractivity contribution in [3.05, 3.63) is 35.4 Å². The first-order chi connectivity index (χ1) is 11.9. The zero-order chi connectivity index (χ0) is 21.3. The Morgan fingerprint density at radius 1 is 0.741 bits per heavy atom. The molecule has 154 valence electrons. The molecule has 0 saturated heterocycles. The molecule has 0 aliphatic heterocycles. The molecule has 0 amide bonds. The van der Waals surface area contributed by atoms with Gasteiger partial charge in [0.15, 0.2) is 0 Å². The summed E-state index contributed by atoms with van der Waals surface area (Å²) in [5.41, 5.74) is -9.23. The van der Waals surface area contributed by atoms with Gasteiger partial charge >= 0.3 is 29.9 Å². The van der Waals surface area contributed by atoms with Crippen molar-refractivity contribution in [3.8, 4) is 0 Å². The Labute approximate surface area is 142 Å². The molecule has 13 heteroatoms. The van der Waals surface area contributed by atoms with E-state index in [-0.39, 0.29) is 6.07 Å². The number of rotatable bonds is 3. The molecule has 1 aromatic carbocycles. The molecule has 0 spiro atoms. The standard InChI is InChI=1S/C14H8F12O/c15-9(11(19,20)13(23,24)14(25,26)12(9,21)22)5-8(27)6-3-1-2-4-7(6)10(16,17)18/h1-4,8,27H,5H2. The van der Waals surface area contributed by atoms with Gasteiger partial charge < -0.3 is 5.11 Å². The summed E-state index contributed by atoms with van der Waals surface area (Å²) in [4.78, 5) is 0. The first kappa shape index (κ1) is 21.6. The van der Waals surface area contributed by atoms with E-state index in [2.05, 4.69) is 0 Å². The molecular formula is C14H8F12O. The molecule has 0 heterocycles. The number of benzene rings is 1. The lowest BCUT2D eigenvalue weighted by atomic mass is 9.86. The highest BCUT2D eigenvalue weighted by Gasteiger charge is 3.00. The molecule has 1 aliphatic carbocycles. The van der Waals surface area contributed by atoms with Gasteiger partial charge in [-0.05, 0) is 11.6 Å². The van der Waals surface area contributed by atoms with Crippen molar-refractivity contribution in [2.45, 2.75) is 48.1 Å². The lowest BCUT2D eigenvalue weighted by molar-refractivity contribution is -0.303. The zero-order valence-electron chi connectivity index (χ0n) is 12.6. The van der Waals surface area contributed by atoms with Crippen molar-refractivity contribution in [2.75, 3.05) is 0 Å². The van der Waals surface area contributed by atoms with E-state index in [0.29, 0.717) is 6.07 Å². The van der Waals surface area contributed by atoms with E-state index in [0.717, 1.165) is 12.1 Å². The molecule has 0 radical (unpaired) electrons. The number of hydrogen-bond acceptors (Lipinski definition) is 1. The molecule has 1 aromatic rings. The van der Waals surface area contributed by atoms with E-state index in [1.165, 1.54) is 0 Å². The molecular weight excluding hydrogens is 412 g/mol. The maximum Gasteiger partial charge on any atom is 0.416 e. The van der Waals surface area contributed by atoms with E-state index in [9.17, 15) is 57.8 Å². The molecule has 0 aromatic heterocycles. The number of aliphatic hydroxyl groups is 1. The fourth-order valence-corrected chi connectivity index (χ4v) is 2.77. The smallest absolute Gasteiger partial charge is 0.388 e. The van der Waals surface area contributed by atoms with E-state index < -0.39 is 59.2 Å². The maximum atomic E-state index is 14.3. The molecule has 1 aliphatic rings. The molecule has 1 N–H and O–H groups in total. The normalized spacial score (nSPS) is 26.0. The van der Waals surface area contributed by atoms with Crippen LogP contribution in [0, 0.1) is 0 Å². The van der Waals surface area contributed by atoms with Crippen LogP contribution in [-0.4, -0.2) is 34.5 Å². The van der Waals surface area contributed by atoms with Crippen molar-refractivity contribution in [2.24, 2.45) is 0 Å². The van der Waals surface area contributed by atoms with Crippen molar-refractivity contribution in [1.82, 2.24) is 0 Å². The number of aliphatic hydroxyl groups excluding tert-OH is 1. The monoisotopic (exact) mass is 420 g/mol. The molecule has 27 heavy (non-hydrogen) atoms. The van der Waals surface area contributed by atoms with E-state index in [4.69, 9.17) is 0 Å². The zero-order valence-corrected chi connectivity index (χ0v) is 12.6. The second-order valence-electron chi connectivity index (χ2n) is 5.90. The van der Waals surface area contributed by atoms with Crippen LogP contribution in [0.15, 0.2) is 24.3 Å². The van der Waals surface area contributed by atoms with Crippen LogP contribution >= 0.6 is 0 Å². The van der Waals surface area contributed by atoms with E-state index in [1.54, 1.807) is 0 Å². The average molecular weight is 420 g/mol. The third-order valence-electron chi connectivity index (χ3n) is 4.28. The molecule has 1 atom stereocenters. The third-order valence-corrected chi connectivity index (χ3v) is 4.28. The molecule has 0 bridgehead atoms. The minimum atomic E-state index is -6.86. The van der Waals surface area contributed by atoms with Gasteiger partial charge in [0.05, 0.1) is 11.7 Å². The molecule has 1 unspecified atom stereocenters. The summed E-state index contributed by atoms with van der Waals surface area (Å²) in [5, 5.41) is 9.60. The Morgan fingerprint density at radius 3 is 1.56 bits per heavy atom. The Balaban J connectivity index is 2.57. The van der Waals surface area contributed by atoms with Crippen molar-refractivity contribution >= 4 is 0 Å². The van der Waals surface area contributed by atoms with Crippen LogP contribution in [0.25, 0.3) is 0 Å². The van der Waals surface area contributed by atoms with E-state index >= 15 is 0 Å². The van der Waals surface area contributed by atoms with Crippen LogP contribution in [0.2, 0.25) is 0 Å². The van der Waals surface area contributed by atoms with Crippen LogP contribution in [0.1, 0.15) is 23.7 Å². The van der Waals surface area contributed by atoms with E-state index in [1.807, 2.05) is 0 Å². The minimum absolute atomic E-state index is 0.262. The largest absolute Gasteiger partial charge is 0.416 e. The van der Waals surface area contributed by atoms with Gasteiger partial charge in [0.2, 0.25) is 0 Å². The SMILES string of the molecule is OC(CC1(F)C(F)(F)C(F)(F)C(F)(F)C1(F)F)c1ccccc1C(F)(F)F. The lowest BCUT2D eigenvalue weighted by Crippen LogP contribution is -2.55. The summed E-state index contributed by atoms with van der Waals surface area (Å²) in [5.74, 6) is -27.1. The van der Waals surface area contributed by atoms with Gasteiger partial charge in [0, 0.05) is 6.42 Å². The third kappa shape index (κ3) is 2.53. The van der Waals surface area contributed by atoms with Gasteiger partial charge in [-0.3, -0.25) is 0 Å². The Hall–Kier alpha value is -1.66. The molecule has 1 fully saturated rings. The highest BCUT2D eigenvalue weighted by atomic mass is 19.4. The van der Waals surface area contributed by atoms with Gasteiger partial charge in [-0.2, -0.15) is 48.3 Å². The van der Waals surface area contributed by atoms with Gasteiger partial charge in [-0.25, -0.2) is 4.39 Å². The average Bonchev–Trinajstić information content (AvgIpc) is 2.56. The second-order valence-corrected chi connectivity index (χ2v) is 5.90. The Morgan fingerprint density at radius 2 is 1.15 bits per heavy atom. The molecule has 1 saturated carbocycles. The predicted molar refractivity (Wildman–Crippen MR) is 64.6 cm³/mol. The van der Waals surface area contributed by atoms with Crippen LogP contribution in [0.5, 0.6) is 0 Å². The van der Waals surface area contributed by atoms with Crippen molar-refractivity contribution in [1.29, 1.82) is 0 Å². The van der Waals surface area contributed by atoms with Gasteiger partial charge in [-0.15, -0.1) is 0 Å². The summed E-state index contributed by atoms with van der Waals surface area (Å²) in [7, 11) is 0. The quantitative estimate of drug-likeness (QED) is 0.651. The topological polar surface area (TPSA) is 20.2 Å². The van der Waals surface area contributed by atoms with Crippen LogP contribution in [-0.2, 0) is 6.18 Å². The Kier molecular flexibility index (Phi) is 4.55. The number of halogens is 12. The molecule has 1 nitrogen and oxygen atoms in total.